The minimum Gasteiger partial charge on any atom is -0.481 e. The van der Waals surface area contributed by atoms with Gasteiger partial charge in [0.2, 0.25) is 0 Å². The van der Waals surface area contributed by atoms with Gasteiger partial charge in [0.1, 0.15) is 11.6 Å². The van der Waals surface area contributed by atoms with Crippen LogP contribution in [0, 0.1) is 5.82 Å². The predicted molar refractivity (Wildman–Crippen MR) is 106 cm³/mol. The van der Waals surface area contributed by atoms with Gasteiger partial charge >= 0.3 is 0 Å². The maximum atomic E-state index is 13.0. The molecule has 0 bridgehead atoms. The number of hydrogen-bond donors (Lipinski definition) is 1. The Hall–Kier alpha value is -2.60. The smallest absolute Gasteiger partial charge is 0.265 e. The molecule has 1 unspecified atom stereocenters. The molecule has 1 heterocycles. The molecule has 2 aromatic rings. The highest BCUT2D eigenvalue weighted by atomic mass is 19.1. The average Bonchev–Trinajstić information content (AvgIpc) is 2.69. The molecule has 27 heavy (non-hydrogen) atoms. The van der Waals surface area contributed by atoms with Gasteiger partial charge < -0.3 is 19.9 Å². The molecule has 1 atom stereocenters. The molecule has 0 saturated carbocycles. The molecule has 1 saturated heterocycles. The van der Waals surface area contributed by atoms with Gasteiger partial charge in [0, 0.05) is 37.6 Å². The normalized spacial score (nSPS) is 16.0. The van der Waals surface area contributed by atoms with Crippen molar-refractivity contribution in [2.75, 3.05) is 43.4 Å². The number of nitrogens with zero attached hydrogens (tertiary/aromatic N) is 2. The molecule has 6 heteroatoms. The first-order chi connectivity index (χ1) is 13.0. The van der Waals surface area contributed by atoms with Crippen molar-refractivity contribution in [1.29, 1.82) is 0 Å². The van der Waals surface area contributed by atoms with Crippen molar-refractivity contribution in [3.8, 4) is 5.75 Å². The van der Waals surface area contributed by atoms with Gasteiger partial charge in [-0.25, -0.2) is 4.39 Å². The molecule has 3 rings (SSSR count). The summed E-state index contributed by atoms with van der Waals surface area (Å²) >= 11 is 0. The van der Waals surface area contributed by atoms with Crippen LogP contribution in [-0.2, 0) is 4.79 Å². The summed E-state index contributed by atoms with van der Waals surface area (Å²) in [6.45, 7) is 6.00. The number of anilines is 2. The molecule has 1 N–H and O–H groups in total. The van der Waals surface area contributed by atoms with E-state index in [1.54, 1.807) is 0 Å². The number of carbonyl (C=O) groups is 1. The van der Waals surface area contributed by atoms with Crippen LogP contribution in [0.1, 0.15) is 13.3 Å². The number of amides is 1. The van der Waals surface area contributed by atoms with Crippen LogP contribution in [0.25, 0.3) is 0 Å². The quantitative estimate of drug-likeness (QED) is 0.846. The van der Waals surface area contributed by atoms with Gasteiger partial charge in [-0.2, -0.15) is 0 Å². The molecule has 0 aromatic heterocycles. The first kappa shape index (κ1) is 19.2. The number of carbonyl (C=O) groups excluding carboxylic acids is 1. The van der Waals surface area contributed by atoms with Crippen molar-refractivity contribution >= 4 is 17.3 Å². The van der Waals surface area contributed by atoms with Crippen molar-refractivity contribution in [3.63, 3.8) is 0 Å². The van der Waals surface area contributed by atoms with Crippen molar-refractivity contribution in [3.05, 3.63) is 54.3 Å². The summed E-state index contributed by atoms with van der Waals surface area (Å²) in [6, 6.07) is 13.6. The first-order valence-electron chi connectivity index (χ1n) is 9.32. The summed E-state index contributed by atoms with van der Waals surface area (Å²) in [5.41, 5.74) is 1.90. The fraction of sp³-hybridized carbons (Fsp3) is 0.381. The average molecular weight is 371 g/mol. The molecule has 0 radical (unpaired) electrons. The Labute approximate surface area is 159 Å². The van der Waals surface area contributed by atoms with Gasteiger partial charge in [-0.3, -0.25) is 4.79 Å². The van der Waals surface area contributed by atoms with Crippen LogP contribution in [0.15, 0.2) is 48.5 Å². The van der Waals surface area contributed by atoms with E-state index >= 15 is 0 Å². The molecule has 1 aliphatic heterocycles. The number of rotatable bonds is 6. The van der Waals surface area contributed by atoms with E-state index in [1.807, 2.05) is 31.2 Å². The van der Waals surface area contributed by atoms with E-state index in [0.29, 0.717) is 12.2 Å². The molecule has 1 fully saturated rings. The third-order valence-corrected chi connectivity index (χ3v) is 4.76. The van der Waals surface area contributed by atoms with Crippen molar-refractivity contribution in [2.24, 2.45) is 0 Å². The van der Waals surface area contributed by atoms with Crippen LogP contribution in [0.4, 0.5) is 15.8 Å². The SMILES string of the molecule is CCC(Oc1ccc(F)cc1)C(=O)Nc1ccc(N2CCN(C)CC2)cc1. The van der Waals surface area contributed by atoms with Gasteiger partial charge in [-0.1, -0.05) is 6.92 Å². The van der Waals surface area contributed by atoms with Gasteiger partial charge in [-0.05, 0) is 62.0 Å². The standard InChI is InChI=1S/C21H26FN3O2/c1-3-20(27-19-10-4-16(22)5-11-19)21(26)23-17-6-8-18(9-7-17)25-14-12-24(2)13-15-25/h4-11,20H,3,12-15H2,1-2H3,(H,23,26). The Morgan fingerprint density at radius 2 is 1.70 bits per heavy atom. The Morgan fingerprint density at radius 3 is 2.30 bits per heavy atom. The predicted octanol–water partition coefficient (Wildman–Crippen LogP) is 3.37. The molecule has 1 amide bonds. The van der Waals surface area contributed by atoms with E-state index in [1.165, 1.54) is 24.3 Å². The summed E-state index contributed by atoms with van der Waals surface area (Å²) in [6.07, 6.45) is -0.115. The highest BCUT2D eigenvalue weighted by Crippen LogP contribution is 2.20. The Kier molecular flexibility index (Phi) is 6.29. The summed E-state index contributed by atoms with van der Waals surface area (Å²) < 4.78 is 18.7. The summed E-state index contributed by atoms with van der Waals surface area (Å²) in [7, 11) is 2.13. The van der Waals surface area contributed by atoms with Gasteiger partial charge in [0.15, 0.2) is 6.10 Å². The van der Waals surface area contributed by atoms with Crippen LogP contribution in [0.3, 0.4) is 0 Å². The molecule has 144 valence electrons. The highest BCUT2D eigenvalue weighted by molar-refractivity contribution is 5.94. The van der Waals surface area contributed by atoms with Crippen molar-refractivity contribution < 1.29 is 13.9 Å². The van der Waals surface area contributed by atoms with Crippen LogP contribution >= 0.6 is 0 Å². The zero-order chi connectivity index (χ0) is 19.2. The van der Waals surface area contributed by atoms with Crippen LogP contribution in [0.5, 0.6) is 5.75 Å². The lowest BCUT2D eigenvalue weighted by Crippen LogP contribution is -2.44. The molecule has 5 nitrogen and oxygen atoms in total. The first-order valence-corrected chi connectivity index (χ1v) is 9.32. The fourth-order valence-electron chi connectivity index (χ4n) is 3.04. The molecule has 1 aliphatic rings. The number of benzene rings is 2. The molecular weight excluding hydrogens is 345 g/mol. The fourth-order valence-corrected chi connectivity index (χ4v) is 3.04. The number of likely N-dealkylation sites (N-methyl/N-ethyl adjacent to an activating group) is 1. The Morgan fingerprint density at radius 1 is 1.07 bits per heavy atom. The van der Waals surface area contributed by atoms with Crippen LogP contribution < -0.4 is 15.0 Å². The second-order valence-corrected chi connectivity index (χ2v) is 6.80. The Balaban J connectivity index is 1.58. The molecule has 0 aliphatic carbocycles. The zero-order valence-corrected chi connectivity index (χ0v) is 15.8. The van der Waals surface area contributed by atoms with Crippen LogP contribution in [-0.4, -0.2) is 50.1 Å². The van der Waals surface area contributed by atoms with E-state index < -0.39 is 6.10 Å². The second-order valence-electron chi connectivity index (χ2n) is 6.80. The van der Waals surface area contributed by atoms with E-state index in [4.69, 9.17) is 4.74 Å². The lowest BCUT2D eigenvalue weighted by Gasteiger charge is -2.34. The number of ether oxygens (including phenoxy) is 1. The third kappa shape index (κ3) is 5.20. The summed E-state index contributed by atoms with van der Waals surface area (Å²) in [5, 5.41) is 2.90. The topological polar surface area (TPSA) is 44.8 Å². The van der Waals surface area contributed by atoms with Gasteiger partial charge in [-0.15, -0.1) is 0 Å². The Bertz CT molecular complexity index is 741. The molecule has 2 aromatic carbocycles. The van der Waals surface area contributed by atoms with Crippen molar-refractivity contribution in [1.82, 2.24) is 4.90 Å². The van der Waals surface area contributed by atoms with E-state index in [0.717, 1.165) is 37.6 Å². The highest BCUT2D eigenvalue weighted by Gasteiger charge is 2.19. The lowest BCUT2D eigenvalue weighted by atomic mass is 10.2. The minimum atomic E-state index is -0.632. The largest absolute Gasteiger partial charge is 0.481 e. The number of hydrogen-bond acceptors (Lipinski definition) is 4. The minimum absolute atomic E-state index is 0.214. The number of nitrogens with one attached hydrogen (secondary N) is 1. The summed E-state index contributed by atoms with van der Waals surface area (Å²) in [5.74, 6) is -0.0710. The lowest BCUT2D eigenvalue weighted by molar-refractivity contribution is -0.122. The van der Waals surface area contributed by atoms with E-state index in [-0.39, 0.29) is 11.7 Å². The van der Waals surface area contributed by atoms with Crippen LogP contribution in [0.2, 0.25) is 0 Å². The number of halogens is 1. The van der Waals surface area contributed by atoms with E-state index in [9.17, 15) is 9.18 Å². The van der Waals surface area contributed by atoms with Gasteiger partial charge in [0.25, 0.3) is 5.91 Å². The second kappa shape index (κ2) is 8.86. The van der Waals surface area contributed by atoms with Crippen molar-refractivity contribution in [2.45, 2.75) is 19.4 Å². The maximum Gasteiger partial charge on any atom is 0.265 e. The number of piperazine rings is 1. The summed E-state index contributed by atoms with van der Waals surface area (Å²) in [4.78, 5) is 17.2. The molecule has 0 spiro atoms. The van der Waals surface area contributed by atoms with E-state index in [2.05, 4.69) is 22.2 Å². The van der Waals surface area contributed by atoms with Gasteiger partial charge in [0.05, 0.1) is 0 Å². The third-order valence-electron chi connectivity index (χ3n) is 4.76. The maximum absolute atomic E-state index is 13.0. The zero-order valence-electron chi connectivity index (χ0n) is 15.8. The molecular formula is C21H26FN3O2. The monoisotopic (exact) mass is 371 g/mol.